The zero-order chi connectivity index (χ0) is 22.7. The summed E-state index contributed by atoms with van der Waals surface area (Å²) in [5.74, 6) is -1.40. The number of phenolic OH excluding ortho intramolecular Hbond substituents is 1. The van der Waals surface area contributed by atoms with Crippen molar-refractivity contribution in [2.45, 2.75) is 45.6 Å². The van der Waals surface area contributed by atoms with Gasteiger partial charge in [-0.15, -0.1) is 0 Å². The molecule has 0 fully saturated rings. The van der Waals surface area contributed by atoms with Gasteiger partial charge < -0.3 is 14.6 Å². The molecule has 0 amide bonds. The largest absolute Gasteiger partial charge is 0.507 e. The summed E-state index contributed by atoms with van der Waals surface area (Å²) in [5, 5.41) is 21.6. The van der Waals surface area contributed by atoms with E-state index in [0.29, 0.717) is 39.8 Å². The van der Waals surface area contributed by atoms with Gasteiger partial charge in [-0.1, -0.05) is 6.92 Å². The number of Topliss-reactive ketones (excluding diaryl/α,β-unsaturated/α-hetero) is 3. The second-order valence-corrected chi connectivity index (χ2v) is 8.70. The van der Waals surface area contributed by atoms with Crippen molar-refractivity contribution in [2.75, 3.05) is 0 Å². The van der Waals surface area contributed by atoms with Gasteiger partial charge in [-0.3, -0.25) is 14.4 Å². The van der Waals surface area contributed by atoms with Gasteiger partial charge in [0.1, 0.15) is 22.7 Å². The lowest BCUT2D eigenvalue weighted by atomic mass is 9.69. The number of rotatable bonds is 4. The highest BCUT2D eigenvalue weighted by molar-refractivity contribution is 6.07. The molecule has 1 aromatic heterocycles. The minimum absolute atomic E-state index is 0.0810. The van der Waals surface area contributed by atoms with E-state index in [0.717, 1.165) is 0 Å². The van der Waals surface area contributed by atoms with E-state index in [2.05, 4.69) is 0 Å². The van der Waals surface area contributed by atoms with Crippen LogP contribution in [0.4, 0.5) is 0 Å². The molecule has 1 aliphatic rings. The Hall–Kier alpha value is -3.25. The molecule has 1 aliphatic carbocycles. The molecule has 1 heterocycles. The third-order valence-electron chi connectivity index (χ3n) is 6.16. The first-order valence-electron chi connectivity index (χ1n) is 10.2. The molecular formula is C25H24O6. The molecule has 31 heavy (non-hydrogen) atoms. The van der Waals surface area contributed by atoms with Gasteiger partial charge in [0.05, 0.1) is 11.5 Å². The zero-order valence-electron chi connectivity index (χ0n) is 17.9. The fourth-order valence-electron chi connectivity index (χ4n) is 4.71. The lowest BCUT2D eigenvalue weighted by molar-refractivity contribution is -0.00171. The van der Waals surface area contributed by atoms with Crippen LogP contribution < -0.4 is 0 Å². The van der Waals surface area contributed by atoms with Gasteiger partial charge >= 0.3 is 0 Å². The molecule has 2 aromatic carbocycles. The summed E-state index contributed by atoms with van der Waals surface area (Å²) in [6.07, 6.45) is 0.313. The number of carbonyl (C=O) groups excluding carboxylic acids is 3. The fourth-order valence-corrected chi connectivity index (χ4v) is 4.71. The summed E-state index contributed by atoms with van der Waals surface area (Å²) in [6, 6.07) is 9.28. The third-order valence-corrected chi connectivity index (χ3v) is 6.16. The first-order valence-corrected chi connectivity index (χ1v) is 10.2. The second kappa shape index (κ2) is 7.17. The summed E-state index contributed by atoms with van der Waals surface area (Å²) in [6.45, 7) is 6.34. The second-order valence-electron chi connectivity index (χ2n) is 8.70. The van der Waals surface area contributed by atoms with Crippen molar-refractivity contribution in [3.63, 3.8) is 0 Å². The minimum atomic E-state index is -1.26. The van der Waals surface area contributed by atoms with Gasteiger partial charge in [0.15, 0.2) is 17.3 Å². The zero-order valence-corrected chi connectivity index (χ0v) is 17.9. The van der Waals surface area contributed by atoms with E-state index in [-0.39, 0.29) is 34.6 Å². The van der Waals surface area contributed by atoms with Gasteiger partial charge in [-0.25, -0.2) is 0 Å². The topological polar surface area (TPSA) is 105 Å². The van der Waals surface area contributed by atoms with Crippen molar-refractivity contribution in [3.8, 4) is 5.75 Å². The number of phenols is 1. The monoisotopic (exact) mass is 420 g/mol. The molecule has 3 aromatic rings. The Morgan fingerprint density at radius 2 is 1.71 bits per heavy atom. The SMILES string of the molecule is CC(=O)c1ccc2oc3c(c2c1)C(C(=O)c1ccc(O)c(C(C)=O)c1)C(C)CC3(C)O. The Balaban J connectivity index is 1.94. The van der Waals surface area contributed by atoms with Crippen LogP contribution in [0.1, 0.15) is 82.4 Å². The van der Waals surface area contributed by atoms with Gasteiger partial charge in [-0.2, -0.15) is 0 Å². The van der Waals surface area contributed by atoms with Crippen LogP contribution in [0.5, 0.6) is 5.75 Å². The number of ketones is 3. The summed E-state index contributed by atoms with van der Waals surface area (Å²) in [4.78, 5) is 37.4. The molecule has 160 valence electrons. The van der Waals surface area contributed by atoms with E-state index in [1.165, 1.54) is 32.0 Å². The Bertz CT molecular complexity index is 1250. The van der Waals surface area contributed by atoms with Gasteiger partial charge in [-0.05, 0) is 69.5 Å². The van der Waals surface area contributed by atoms with E-state index < -0.39 is 11.5 Å². The number of benzene rings is 2. The van der Waals surface area contributed by atoms with E-state index in [9.17, 15) is 24.6 Å². The van der Waals surface area contributed by atoms with Crippen LogP contribution in [0, 0.1) is 5.92 Å². The molecule has 6 nitrogen and oxygen atoms in total. The first-order chi connectivity index (χ1) is 14.5. The van der Waals surface area contributed by atoms with Crippen LogP contribution in [0.15, 0.2) is 40.8 Å². The standard InChI is InChI=1S/C25H24O6/c1-12-11-25(4,30)24-22(18-9-15(13(2)26)6-8-20(18)31-24)21(12)23(29)16-5-7-19(28)17(10-16)14(3)27/h5-10,12,21,28,30H,11H2,1-4H3. The van der Waals surface area contributed by atoms with Crippen LogP contribution in [-0.4, -0.2) is 27.6 Å². The molecule has 3 unspecified atom stereocenters. The molecular weight excluding hydrogens is 396 g/mol. The van der Waals surface area contributed by atoms with Crippen molar-refractivity contribution in [2.24, 2.45) is 5.92 Å². The maximum atomic E-state index is 13.6. The number of fused-ring (bicyclic) bond motifs is 3. The third kappa shape index (κ3) is 3.37. The molecule has 0 aliphatic heterocycles. The molecule has 2 N–H and O–H groups in total. The van der Waals surface area contributed by atoms with Crippen LogP contribution in [0.3, 0.4) is 0 Å². The normalized spacial score (nSPS) is 22.9. The maximum Gasteiger partial charge on any atom is 0.170 e. The highest BCUT2D eigenvalue weighted by atomic mass is 16.4. The van der Waals surface area contributed by atoms with E-state index in [1.807, 2.05) is 6.92 Å². The quantitative estimate of drug-likeness (QED) is 0.590. The summed E-state index contributed by atoms with van der Waals surface area (Å²) in [5.41, 5.74) is 0.674. The molecule has 4 rings (SSSR count). The van der Waals surface area contributed by atoms with Crippen molar-refractivity contribution >= 4 is 28.3 Å². The smallest absolute Gasteiger partial charge is 0.170 e. The summed E-state index contributed by atoms with van der Waals surface area (Å²) >= 11 is 0. The van der Waals surface area contributed by atoms with Gasteiger partial charge in [0, 0.05) is 22.1 Å². The van der Waals surface area contributed by atoms with Crippen molar-refractivity contribution in [1.29, 1.82) is 0 Å². The lowest BCUT2D eigenvalue weighted by Gasteiger charge is -2.36. The fraction of sp³-hybridized carbons (Fsp3) is 0.320. The first kappa shape index (κ1) is 21.0. The van der Waals surface area contributed by atoms with E-state index >= 15 is 0 Å². The minimum Gasteiger partial charge on any atom is -0.507 e. The van der Waals surface area contributed by atoms with E-state index in [4.69, 9.17) is 4.42 Å². The van der Waals surface area contributed by atoms with Crippen LogP contribution >= 0.6 is 0 Å². The number of hydrogen-bond acceptors (Lipinski definition) is 6. The Labute approximate surface area is 179 Å². The molecule has 0 saturated carbocycles. The van der Waals surface area contributed by atoms with E-state index in [1.54, 1.807) is 25.1 Å². The summed E-state index contributed by atoms with van der Waals surface area (Å²) < 4.78 is 5.98. The van der Waals surface area contributed by atoms with Gasteiger partial charge in [0.2, 0.25) is 0 Å². The highest BCUT2D eigenvalue weighted by Crippen LogP contribution is 2.50. The summed E-state index contributed by atoms with van der Waals surface area (Å²) in [7, 11) is 0. The predicted octanol–water partition coefficient (Wildman–Crippen LogP) is 4.76. The van der Waals surface area contributed by atoms with Crippen molar-refractivity contribution < 1.29 is 29.0 Å². The lowest BCUT2D eigenvalue weighted by Crippen LogP contribution is -2.36. The molecule has 0 bridgehead atoms. The van der Waals surface area contributed by atoms with Crippen LogP contribution in [-0.2, 0) is 5.60 Å². The highest BCUT2D eigenvalue weighted by Gasteiger charge is 2.46. The Kier molecular flexibility index (Phi) is 4.85. The molecule has 0 spiro atoms. The van der Waals surface area contributed by atoms with Crippen LogP contribution in [0.2, 0.25) is 0 Å². The molecule has 6 heteroatoms. The maximum absolute atomic E-state index is 13.6. The molecule has 3 atom stereocenters. The predicted molar refractivity (Wildman–Crippen MR) is 115 cm³/mol. The average molecular weight is 420 g/mol. The Morgan fingerprint density at radius 1 is 1.03 bits per heavy atom. The number of carbonyl (C=O) groups is 3. The van der Waals surface area contributed by atoms with Crippen LogP contribution in [0.25, 0.3) is 11.0 Å². The number of aliphatic hydroxyl groups is 1. The van der Waals surface area contributed by atoms with Crippen molar-refractivity contribution in [1.82, 2.24) is 0 Å². The molecule has 0 radical (unpaired) electrons. The number of aromatic hydroxyl groups is 1. The van der Waals surface area contributed by atoms with Gasteiger partial charge in [0.25, 0.3) is 0 Å². The van der Waals surface area contributed by atoms with Crippen molar-refractivity contribution in [3.05, 3.63) is 64.4 Å². The Morgan fingerprint density at radius 3 is 2.35 bits per heavy atom. The average Bonchev–Trinajstić information content (AvgIpc) is 3.07. The number of furan rings is 1. The molecule has 0 saturated heterocycles. The number of hydrogen-bond donors (Lipinski definition) is 2.